The average Bonchev–Trinajstić information content (AvgIpc) is 2.46. The fourth-order valence-corrected chi connectivity index (χ4v) is 2.18. The highest BCUT2D eigenvalue weighted by atomic mass is 16.2. The van der Waals surface area contributed by atoms with Gasteiger partial charge in [0.25, 0.3) is 0 Å². The van der Waals surface area contributed by atoms with Crippen molar-refractivity contribution in [2.45, 2.75) is 25.8 Å². The molecule has 5 nitrogen and oxygen atoms in total. The van der Waals surface area contributed by atoms with Crippen LogP contribution in [-0.2, 0) is 11.3 Å². The largest absolute Gasteiger partial charge is 0.365 e. The lowest BCUT2D eigenvalue weighted by Gasteiger charge is -2.23. The van der Waals surface area contributed by atoms with Gasteiger partial charge >= 0.3 is 0 Å². The number of nitrogens with zero attached hydrogens (tertiary/aromatic N) is 2. The average molecular weight is 282 g/mol. The number of aromatic nitrogens is 2. The Morgan fingerprint density at radius 2 is 1.76 bits per heavy atom. The topological polar surface area (TPSA) is 66.9 Å². The fraction of sp³-hybridized carbons (Fsp3) is 0.312. The van der Waals surface area contributed by atoms with Crippen molar-refractivity contribution >= 4 is 17.5 Å². The summed E-state index contributed by atoms with van der Waals surface area (Å²) in [4.78, 5) is 11.8. The minimum Gasteiger partial charge on any atom is -0.365 e. The third kappa shape index (κ3) is 3.56. The molecule has 1 aliphatic carbocycles. The molecular weight excluding hydrogens is 264 g/mol. The molecule has 0 saturated heterocycles. The first-order valence-corrected chi connectivity index (χ1v) is 7.23. The van der Waals surface area contributed by atoms with Crippen LogP contribution in [0.3, 0.4) is 0 Å². The highest BCUT2D eigenvalue weighted by Crippen LogP contribution is 2.27. The van der Waals surface area contributed by atoms with Gasteiger partial charge in [0.2, 0.25) is 5.91 Å². The maximum atomic E-state index is 11.8. The molecule has 1 heterocycles. The number of hydrogen-bond acceptors (Lipinski definition) is 4. The zero-order valence-corrected chi connectivity index (χ0v) is 11.7. The summed E-state index contributed by atoms with van der Waals surface area (Å²) >= 11 is 0. The smallest absolute Gasteiger partial charge is 0.228 e. The lowest BCUT2D eigenvalue weighted by atomic mass is 9.85. The SMILES string of the molecule is O=C(Nc1ccc(NCc2ccccc2)nn1)C1CCC1. The molecule has 0 radical (unpaired) electrons. The van der Waals surface area contributed by atoms with Crippen LogP contribution in [0.5, 0.6) is 0 Å². The third-order valence-corrected chi connectivity index (χ3v) is 3.71. The van der Waals surface area contributed by atoms with Gasteiger partial charge in [0.15, 0.2) is 5.82 Å². The fourth-order valence-electron chi connectivity index (χ4n) is 2.18. The highest BCUT2D eigenvalue weighted by molar-refractivity contribution is 5.92. The Labute approximate surface area is 123 Å². The van der Waals surface area contributed by atoms with E-state index in [0.29, 0.717) is 18.2 Å². The number of carbonyl (C=O) groups excluding carboxylic acids is 1. The van der Waals surface area contributed by atoms with Crippen LogP contribution in [0, 0.1) is 5.92 Å². The van der Waals surface area contributed by atoms with E-state index in [0.717, 1.165) is 19.3 Å². The molecule has 5 heteroatoms. The van der Waals surface area contributed by atoms with Crippen molar-refractivity contribution in [3.8, 4) is 0 Å². The second kappa shape index (κ2) is 6.35. The minimum absolute atomic E-state index is 0.0561. The summed E-state index contributed by atoms with van der Waals surface area (Å²) in [6.07, 6.45) is 3.11. The molecule has 0 unspecified atom stereocenters. The summed E-state index contributed by atoms with van der Waals surface area (Å²) in [6, 6.07) is 13.7. The van der Waals surface area contributed by atoms with Crippen molar-refractivity contribution in [1.82, 2.24) is 10.2 Å². The van der Waals surface area contributed by atoms with Gasteiger partial charge in [-0.25, -0.2) is 0 Å². The van der Waals surface area contributed by atoms with Crippen LogP contribution in [0.15, 0.2) is 42.5 Å². The van der Waals surface area contributed by atoms with Crippen molar-refractivity contribution in [1.29, 1.82) is 0 Å². The second-order valence-electron chi connectivity index (χ2n) is 5.26. The summed E-state index contributed by atoms with van der Waals surface area (Å²) < 4.78 is 0. The summed E-state index contributed by atoms with van der Waals surface area (Å²) in [5.41, 5.74) is 1.18. The lowest BCUT2D eigenvalue weighted by Crippen LogP contribution is -2.28. The molecule has 0 aliphatic heterocycles. The summed E-state index contributed by atoms with van der Waals surface area (Å²) in [7, 11) is 0. The number of hydrogen-bond donors (Lipinski definition) is 2. The highest BCUT2D eigenvalue weighted by Gasteiger charge is 2.25. The molecule has 0 atom stereocenters. The number of benzene rings is 1. The summed E-state index contributed by atoms with van der Waals surface area (Å²) in [5, 5.41) is 14.1. The van der Waals surface area contributed by atoms with Crippen LogP contribution in [0.2, 0.25) is 0 Å². The van der Waals surface area contributed by atoms with Gasteiger partial charge in [-0.1, -0.05) is 36.8 Å². The molecule has 1 fully saturated rings. The second-order valence-corrected chi connectivity index (χ2v) is 5.26. The molecule has 1 saturated carbocycles. The number of rotatable bonds is 5. The molecule has 108 valence electrons. The van der Waals surface area contributed by atoms with Crippen LogP contribution in [0.25, 0.3) is 0 Å². The van der Waals surface area contributed by atoms with Crippen molar-refractivity contribution in [3.63, 3.8) is 0 Å². The normalized spacial score (nSPS) is 14.3. The molecule has 1 aliphatic rings. The molecule has 2 aromatic rings. The molecule has 21 heavy (non-hydrogen) atoms. The van der Waals surface area contributed by atoms with Gasteiger partial charge in [-0.2, -0.15) is 0 Å². The van der Waals surface area contributed by atoms with E-state index in [-0.39, 0.29) is 11.8 Å². The standard InChI is InChI=1S/C16H18N4O/c21-16(13-7-4-8-13)18-15-10-9-14(19-20-15)17-11-12-5-2-1-3-6-12/h1-3,5-6,9-10,13H,4,7-8,11H2,(H,17,19)(H,18,20,21). The van der Waals surface area contributed by atoms with E-state index in [1.165, 1.54) is 5.56 Å². The number of amides is 1. The quantitative estimate of drug-likeness (QED) is 0.885. The third-order valence-electron chi connectivity index (χ3n) is 3.71. The summed E-state index contributed by atoms with van der Waals surface area (Å²) in [5.74, 6) is 1.42. The van der Waals surface area contributed by atoms with Crippen LogP contribution in [0.1, 0.15) is 24.8 Å². The minimum atomic E-state index is 0.0561. The van der Waals surface area contributed by atoms with E-state index in [1.54, 1.807) is 6.07 Å². The molecular formula is C16H18N4O. The Morgan fingerprint density at radius 1 is 1.05 bits per heavy atom. The van der Waals surface area contributed by atoms with Crippen molar-refractivity contribution < 1.29 is 4.79 Å². The van der Waals surface area contributed by atoms with Crippen LogP contribution in [0.4, 0.5) is 11.6 Å². The van der Waals surface area contributed by atoms with E-state index in [9.17, 15) is 4.79 Å². The first-order valence-electron chi connectivity index (χ1n) is 7.23. The molecule has 1 amide bonds. The molecule has 0 bridgehead atoms. The first kappa shape index (κ1) is 13.5. The van der Waals surface area contributed by atoms with E-state index in [4.69, 9.17) is 0 Å². The monoisotopic (exact) mass is 282 g/mol. The molecule has 2 N–H and O–H groups in total. The lowest BCUT2D eigenvalue weighted by molar-refractivity contribution is -0.122. The first-order chi connectivity index (χ1) is 10.3. The predicted octanol–water partition coefficient (Wildman–Crippen LogP) is 2.83. The van der Waals surface area contributed by atoms with Crippen molar-refractivity contribution in [2.75, 3.05) is 10.6 Å². The van der Waals surface area contributed by atoms with E-state index in [2.05, 4.69) is 20.8 Å². The van der Waals surface area contributed by atoms with Gasteiger partial charge < -0.3 is 10.6 Å². The Bertz CT molecular complexity index is 593. The Morgan fingerprint density at radius 3 is 2.38 bits per heavy atom. The van der Waals surface area contributed by atoms with E-state index < -0.39 is 0 Å². The zero-order chi connectivity index (χ0) is 14.5. The maximum absolute atomic E-state index is 11.8. The summed E-state index contributed by atoms with van der Waals surface area (Å²) in [6.45, 7) is 0.698. The van der Waals surface area contributed by atoms with Crippen LogP contribution < -0.4 is 10.6 Å². The van der Waals surface area contributed by atoms with Crippen molar-refractivity contribution in [2.24, 2.45) is 5.92 Å². The van der Waals surface area contributed by atoms with E-state index in [1.807, 2.05) is 36.4 Å². The van der Waals surface area contributed by atoms with E-state index >= 15 is 0 Å². The van der Waals surface area contributed by atoms with Crippen LogP contribution in [-0.4, -0.2) is 16.1 Å². The Balaban J connectivity index is 1.52. The molecule has 3 rings (SSSR count). The number of nitrogens with one attached hydrogen (secondary N) is 2. The van der Waals surface area contributed by atoms with Gasteiger partial charge in [0.05, 0.1) is 0 Å². The molecule has 1 aromatic carbocycles. The van der Waals surface area contributed by atoms with Gasteiger partial charge in [-0.3, -0.25) is 4.79 Å². The molecule has 1 aromatic heterocycles. The Kier molecular flexibility index (Phi) is 4.09. The van der Waals surface area contributed by atoms with Gasteiger partial charge in [-0.05, 0) is 30.5 Å². The number of anilines is 2. The Hall–Kier alpha value is -2.43. The number of carbonyl (C=O) groups is 1. The van der Waals surface area contributed by atoms with Gasteiger partial charge in [0.1, 0.15) is 5.82 Å². The van der Waals surface area contributed by atoms with Crippen LogP contribution >= 0.6 is 0 Å². The van der Waals surface area contributed by atoms with Gasteiger partial charge in [0, 0.05) is 12.5 Å². The van der Waals surface area contributed by atoms with Crippen molar-refractivity contribution in [3.05, 3.63) is 48.0 Å². The zero-order valence-electron chi connectivity index (χ0n) is 11.7. The van der Waals surface area contributed by atoms with Gasteiger partial charge in [-0.15, -0.1) is 10.2 Å². The predicted molar refractivity (Wildman–Crippen MR) is 81.8 cm³/mol. The molecule has 0 spiro atoms. The maximum Gasteiger partial charge on any atom is 0.228 e.